The summed E-state index contributed by atoms with van der Waals surface area (Å²) in [6.45, 7) is 4.38. The molecule has 1 saturated carbocycles. The van der Waals surface area contributed by atoms with Crippen LogP contribution >= 0.6 is 0 Å². The first-order valence-corrected chi connectivity index (χ1v) is 7.78. The highest BCUT2D eigenvalue weighted by Gasteiger charge is 2.29. The summed E-state index contributed by atoms with van der Waals surface area (Å²) < 4.78 is 1.71. The summed E-state index contributed by atoms with van der Waals surface area (Å²) >= 11 is 0. The Morgan fingerprint density at radius 3 is 2.81 bits per heavy atom. The zero-order chi connectivity index (χ0) is 15.4. The molecule has 1 aromatic rings. The van der Waals surface area contributed by atoms with Gasteiger partial charge in [-0.05, 0) is 26.2 Å². The van der Waals surface area contributed by atoms with E-state index in [1.165, 1.54) is 6.42 Å². The highest BCUT2D eigenvalue weighted by molar-refractivity contribution is 5.60. The average Bonchev–Trinajstić information content (AvgIpc) is 2.58. The SMILES string of the molecule is CCCn1nc(C)c([N+](=O)[O-])c1NC1CCCCCC1N. The molecule has 7 nitrogen and oxygen atoms in total. The number of aryl methyl sites for hydroxylation is 2. The number of anilines is 1. The molecule has 1 aliphatic rings. The Morgan fingerprint density at radius 2 is 2.14 bits per heavy atom. The Bertz CT molecular complexity index is 500. The summed E-state index contributed by atoms with van der Waals surface area (Å²) in [4.78, 5) is 11.0. The molecule has 1 aliphatic carbocycles. The number of hydrogen-bond acceptors (Lipinski definition) is 5. The van der Waals surface area contributed by atoms with Crippen LogP contribution in [-0.2, 0) is 6.54 Å². The van der Waals surface area contributed by atoms with Crippen molar-refractivity contribution in [1.29, 1.82) is 0 Å². The highest BCUT2D eigenvalue weighted by Crippen LogP contribution is 2.31. The molecule has 3 N–H and O–H groups in total. The van der Waals surface area contributed by atoms with E-state index in [4.69, 9.17) is 5.73 Å². The first-order valence-electron chi connectivity index (χ1n) is 7.78. The van der Waals surface area contributed by atoms with Crippen molar-refractivity contribution < 1.29 is 4.92 Å². The van der Waals surface area contributed by atoms with Gasteiger partial charge < -0.3 is 11.1 Å². The van der Waals surface area contributed by atoms with Crippen LogP contribution in [0, 0.1) is 17.0 Å². The van der Waals surface area contributed by atoms with Crippen LogP contribution in [0.5, 0.6) is 0 Å². The molecule has 0 amide bonds. The van der Waals surface area contributed by atoms with Gasteiger partial charge in [-0.2, -0.15) is 5.10 Å². The van der Waals surface area contributed by atoms with Crippen LogP contribution in [-0.4, -0.2) is 26.8 Å². The zero-order valence-electron chi connectivity index (χ0n) is 12.8. The Labute approximate surface area is 125 Å². The number of nitrogens with zero attached hydrogens (tertiary/aromatic N) is 3. The van der Waals surface area contributed by atoms with Crippen molar-refractivity contribution in [3.63, 3.8) is 0 Å². The van der Waals surface area contributed by atoms with Crippen molar-refractivity contribution in [3.05, 3.63) is 15.8 Å². The second kappa shape index (κ2) is 6.89. The smallest absolute Gasteiger partial charge is 0.333 e. The number of nitrogens with one attached hydrogen (secondary N) is 1. The van der Waals surface area contributed by atoms with Crippen molar-refractivity contribution in [2.24, 2.45) is 5.73 Å². The van der Waals surface area contributed by atoms with Crippen molar-refractivity contribution in [2.75, 3.05) is 5.32 Å². The quantitative estimate of drug-likeness (QED) is 0.494. The topological polar surface area (TPSA) is 99.0 Å². The van der Waals surface area contributed by atoms with E-state index < -0.39 is 0 Å². The predicted molar refractivity (Wildman–Crippen MR) is 82.4 cm³/mol. The van der Waals surface area contributed by atoms with Crippen molar-refractivity contribution >= 4 is 11.5 Å². The van der Waals surface area contributed by atoms with Gasteiger partial charge in [-0.1, -0.05) is 26.2 Å². The maximum Gasteiger partial charge on any atom is 0.333 e. The van der Waals surface area contributed by atoms with Crippen LogP contribution in [0.4, 0.5) is 11.5 Å². The summed E-state index contributed by atoms with van der Waals surface area (Å²) in [5, 5.41) is 19.0. The van der Waals surface area contributed by atoms with Gasteiger partial charge in [0.1, 0.15) is 5.69 Å². The van der Waals surface area contributed by atoms with Crippen LogP contribution in [0.3, 0.4) is 0 Å². The van der Waals surface area contributed by atoms with E-state index in [2.05, 4.69) is 10.4 Å². The van der Waals surface area contributed by atoms with E-state index in [1.54, 1.807) is 11.6 Å². The molecule has 0 saturated heterocycles. The van der Waals surface area contributed by atoms with Gasteiger partial charge in [-0.3, -0.25) is 10.1 Å². The summed E-state index contributed by atoms with van der Waals surface area (Å²) in [6, 6.07) is 0.121. The maximum atomic E-state index is 11.3. The normalized spacial score (nSPS) is 22.8. The third kappa shape index (κ3) is 3.53. The van der Waals surface area contributed by atoms with Crippen LogP contribution in [0.2, 0.25) is 0 Å². The Kier molecular flexibility index (Phi) is 5.17. The fraction of sp³-hybridized carbons (Fsp3) is 0.786. The first kappa shape index (κ1) is 15.8. The van der Waals surface area contributed by atoms with Gasteiger partial charge in [0, 0.05) is 18.6 Å². The lowest BCUT2D eigenvalue weighted by Crippen LogP contribution is -2.40. The van der Waals surface area contributed by atoms with Gasteiger partial charge in [-0.25, -0.2) is 4.68 Å². The molecule has 2 rings (SSSR count). The second-order valence-electron chi connectivity index (χ2n) is 5.82. The van der Waals surface area contributed by atoms with Gasteiger partial charge in [-0.15, -0.1) is 0 Å². The number of nitrogens with two attached hydrogens (primary N) is 1. The number of nitro groups is 1. The molecule has 1 fully saturated rings. The summed E-state index contributed by atoms with van der Waals surface area (Å²) in [6.07, 6.45) is 6.22. The fourth-order valence-corrected chi connectivity index (χ4v) is 3.00. The van der Waals surface area contributed by atoms with Gasteiger partial charge >= 0.3 is 5.69 Å². The number of aromatic nitrogens is 2. The van der Waals surface area contributed by atoms with Crippen LogP contribution in [0.1, 0.15) is 51.1 Å². The van der Waals surface area contributed by atoms with Gasteiger partial charge in [0.05, 0.1) is 4.92 Å². The van der Waals surface area contributed by atoms with Crippen molar-refractivity contribution in [1.82, 2.24) is 9.78 Å². The molecule has 7 heteroatoms. The number of hydrogen-bond donors (Lipinski definition) is 2. The van der Waals surface area contributed by atoms with Gasteiger partial charge in [0.15, 0.2) is 0 Å². The van der Waals surface area contributed by atoms with Gasteiger partial charge in [0.2, 0.25) is 5.82 Å². The molecule has 0 aliphatic heterocycles. The first-order chi connectivity index (χ1) is 10.0. The molecule has 1 aromatic heterocycles. The Balaban J connectivity index is 2.29. The third-order valence-corrected chi connectivity index (χ3v) is 4.11. The van der Waals surface area contributed by atoms with E-state index in [1.807, 2.05) is 6.92 Å². The van der Waals surface area contributed by atoms with E-state index in [0.29, 0.717) is 18.1 Å². The van der Waals surface area contributed by atoms with E-state index >= 15 is 0 Å². The molecule has 0 aromatic carbocycles. The molecule has 0 radical (unpaired) electrons. The Morgan fingerprint density at radius 1 is 1.43 bits per heavy atom. The summed E-state index contributed by atoms with van der Waals surface area (Å²) in [7, 11) is 0. The lowest BCUT2D eigenvalue weighted by atomic mass is 10.0. The molecule has 118 valence electrons. The molecule has 1 heterocycles. The lowest BCUT2D eigenvalue weighted by Gasteiger charge is -2.23. The predicted octanol–water partition coefficient (Wildman–Crippen LogP) is 2.58. The Hall–Kier alpha value is -1.63. The molecular weight excluding hydrogens is 270 g/mol. The van der Waals surface area contributed by atoms with Crippen molar-refractivity contribution in [3.8, 4) is 0 Å². The van der Waals surface area contributed by atoms with Crippen LogP contribution < -0.4 is 11.1 Å². The second-order valence-corrected chi connectivity index (χ2v) is 5.82. The van der Waals surface area contributed by atoms with E-state index in [-0.39, 0.29) is 22.7 Å². The van der Waals surface area contributed by atoms with Gasteiger partial charge in [0.25, 0.3) is 0 Å². The minimum absolute atomic E-state index is 0.0392. The monoisotopic (exact) mass is 295 g/mol. The van der Waals surface area contributed by atoms with E-state index in [9.17, 15) is 10.1 Å². The number of rotatable bonds is 5. The minimum atomic E-state index is -0.348. The third-order valence-electron chi connectivity index (χ3n) is 4.11. The molecule has 21 heavy (non-hydrogen) atoms. The zero-order valence-corrected chi connectivity index (χ0v) is 12.8. The van der Waals surface area contributed by atoms with Crippen LogP contribution in [0.25, 0.3) is 0 Å². The standard InChI is InChI=1S/C14H25N5O2/c1-3-9-18-14(13(19(20)21)10(2)17-18)16-12-8-6-4-5-7-11(12)15/h11-12,16H,3-9,15H2,1-2H3. The van der Waals surface area contributed by atoms with Crippen molar-refractivity contribution in [2.45, 2.75) is 71.0 Å². The molecule has 0 bridgehead atoms. The largest absolute Gasteiger partial charge is 0.360 e. The summed E-state index contributed by atoms with van der Waals surface area (Å²) in [5.74, 6) is 0.515. The highest BCUT2D eigenvalue weighted by atomic mass is 16.6. The average molecular weight is 295 g/mol. The molecule has 2 unspecified atom stereocenters. The van der Waals surface area contributed by atoms with Crippen LogP contribution in [0.15, 0.2) is 0 Å². The summed E-state index contributed by atoms with van der Waals surface area (Å²) in [5.41, 5.74) is 6.76. The molecular formula is C14H25N5O2. The van der Waals surface area contributed by atoms with E-state index in [0.717, 1.165) is 32.1 Å². The molecule has 0 spiro atoms. The molecule has 2 atom stereocenters. The fourth-order valence-electron chi connectivity index (χ4n) is 3.00. The maximum absolute atomic E-state index is 11.3. The lowest BCUT2D eigenvalue weighted by molar-refractivity contribution is -0.384. The minimum Gasteiger partial charge on any atom is -0.360 e.